The number of carbonyl (C=O) groups is 3. The molecule has 266 valence electrons. The molecule has 1 saturated carbocycles. The summed E-state index contributed by atoms with van der Waals surface area (Å²) in [7, 11) is 3.21. The number of aromatic nitrogens is 1. The van der Waals surface area contributed by atoms with Gasteiger partial charge in [-0.05, 0) is 31.4 Å². The van der Waals surface area contributed by atoms with Gasteiger partial charge in [0.1, 0.15) is 18.9 Å². The number of rotatable bonds is 19. The van der Waals surface area contributed by atoms with Crippen LogP contribution in [0.3, 0.4) is 0 Å². The molecule has 1 aromatic carbocycles. The molecule has 0 radical (unpaired) electrons. The maximum Gasteiger partial charge on any atom is 0.244 e. The molecular weight excluding hydrogens is 646 g/mol. The number of halogens is 1. The zero-order valence-electron chi connectivity index (χ0n) is 28.5. The van der Waals surface area contributed by atoms with Crippen LogP contribution in [0, 0.1) is 36.5 Å². The van der Waals surface area contributed by atoms with Crippen LogP contribution >= 0.6 is 11.3 Å². The Morgan fingerprint density at radius 2 is 1.78 bits per heavy atom. The highest BCUT2D eigenvalue weighted by Gasteiger charge is 2.37. The van der Waals surface area contributed by atoms with Crippen LogP contribution in [-0.2, 0) is 20.8 Å². The Bertz CT molecular complexity index is 1390. The van der Waals surface area contributed by atoms with E-state index in [1.807, 2.05) is 30.3 Å². The third kappa shape index (κ3) is 12.5. The second kappa shape index (κ2) is 20.6. The first-order chi connectivity index (χ1) is 23.6. The molecule has 3 amide bonds. The van der Waals surface area contributed by atoms with Crippen molar-refractivity contribution in [1.29, 1.82) is 0 Å². The molecular formula is C37H50FN5O5S. The van der Waals surface area contributed by atoms with Crippen LogP contribution in [0.5, 0.6) is 0 Å². The van der Waals surface area contributed by atoms with E-state index in [9.17, 15) is 29.0 Å². The summed E-state index contributed by atoms with van der Waals surface area (Å²) in [5.74, 6) is 1.86. The molecule has 3 rings (SSSR count). The zero-order valence-corrected chi connectivity index (χ0v) is 29.3. The second-order valence-corrected chi connectivity index (χ2v) is 13.7. The molecule has 1 aliphatic carbocycles. The average Bonchev–Trinajstić information content (AvgIpc) is 3.65. The van der Waals surface area contributed by atoms with Gasteiger partial charge < -0.3 is 25.7 Å². The van der Waals surface area contributed by atoms with Crippen LogP contribution in [0.2, 0.25) is 0 Å². The first-order valence-corrected chi connectivity index (χ1v) is 17.8. The Hall–Kier alpha value is -3.81. The summed E-state index contributed by atoms with van der Waals surface area (Å²) < 4.78 is 13.0. The van der Waals surface area contributed by atoms with Gasteiger partial charge in [0.25, 0.3) is 0 Å². The second-order valence-electron chi connectivity index (χ2n) is 13.0. The predicted molar refractivity (Wildman–Crippen MR) is 189 cm³/mol. The minimum Gasteiger partial charge on any atom is -0.389 e. The van der Waals surface area contributed by atoms with Crippen molar-refractivity contribution in [3.8, 4) is 24.7 Å². The van der Waals surface area contributed by atoms with Gasteiger partial charge in [-0.25, -0.2) is 9.37 Å². The summed E-state index contributed by atoms with van der Waals surface area (Å²) in [6.07, 6.45) is 14.2. The van der Waals surface area contributed by atoms with Gasteiger partial charge in [0.05, 0.1) is 35.2 Å². The molecule has 4 N–H and O–H groups in total. The van der Waals surface area contributed by atoms with Gasteiger partial charge in [-0.2, -0.15) is 0 Å². The highest BCUT2D eigenvalue weighted by molar-refractivity contribution is 7.07. The third-order valence-corrected chi connectivity index (χ3v) is 9.80. The van der Waals surface area contributed by atoms with Crippen molar-refractivity contribution in [1.82, 2.24) is 25.4 Å². The summed E-state index contributed by atoms with van der Waals surface area (Å²) in [6, 6.07) is 7.07. The molecule has 1 heterocycles. The Kier molecular flexibility index (Phi) is 16.7. The van der Waals surface area contributed by atoms with E-state index in [0.717, 1.165) is 37.7 Å². The maximum absolute atomic E-state index is 14.2. The minimum absolute atomic E-state index is 0.0993. The van der Waals surface area contributed by atoms with Crippen molar-refractivity contribution in [2.24, 2.45) is 11.8 Å². The highest BCUT2D eigenvalue weighted by atomic mass is 32.1. The Morgan fingerprint density at radius 3 is 2.39 bits per heavy atom. The minimum atomic E-state index is -1.35. The van der Waals surface area contributed by atoms with Crippen LogP contribution in [0.4, 0.5) is 4.39 Å². The van der Waals surface area contributed by atoms with Crippen molar-refractivity contribution in [2.75, 3.05) is 34.0 Å². The lowest BCUT2D eigenvalue weighted by Gasteiger charge is -2.34. The molecule has 10 nitrogen and oxygen atoms in total. The van der Waals surface area contributed by atoms with Gasteiger partial charge in [0.15, 0.2) is 0 Å². The van der Waals surface area contributed by atoms with E-state index >= 15 is 0 Å². The van der Waals surface area contributed by atoms with Crippen molar-refractivity contribution >= 4 is 29.1 Å². The van der Waals surface area contributed by atoms with Crippen LogP contribution in [0.1, 0.15) is 68.5 Å². The summed E-state index contributed by atoms with van der Waals surface area (Å²) in [4.78, 5) is 48.9. The van der Waals surface area contributed by atoms with Crippen molar-refractivity contribution in [3.63, 3.8) is 0 Å². The number of terminal acetylenes is 2. The number of aliphatic hydroxyl groups is 2. The number of alkyl halides is 1. The number of nitrogens with zero attached hydrogens (tertiary/aromatic N) is 3. The smallest absolute Gasteiger partial charge is 0.244 e. The van der Waals surface area contributed by atoms with Gasteiger partial charge >= 0.3 is 0 Å². The van der Waals surface area contributed by atoms with Crippen LogP contribution in [0.25, 0.3) is 0 Å². The first-order valence-electron chi connectivity index (χ1n) is 16.8. The number of benzene rings is 1. The molecule has 1 aromatic heterocycles. The number of aliphatic hydroxyl groups excluding tert-OH is 2. The fourth-order valence-electron chi connectivity index (χ4n) is 6.18. The molecule has 1 fully saturated rings. The van der Waals surface area contributed by atoms with Gasteiger partial charge in [0, 0.05) is 38.4 Å². The van der Waals surface area contributed by atoms with E-state index in [-0.39, 0.29) is 37.6 Å². The Morgan fingerprint density at radius 1 is 1.06 bits per heavy atom. The van der Waals surface area contributed by atoms with Gasteiger partial charge in [-0.15, -0.1) is 30.1 Å². The van der Waals surface area contributed by atoms with E-state index in [4.69, 9.17) is 12.8 Å². The lowest BCUT2D eigenvalue weighted by Crippen LogP contribution is -2.57. The van der Waals surface area contributed by atoms with Crippen LogP contribution in [0.15, 0.2) is 41.2 Å². The van der Waals surface area contributed by atoms with Crippen molar-refractivity contribution in [3.05, 3.63) is 52.5 Å². The standard InChI is InChI=1S/C37H50FN5O5S/c1-5-13-32(44)35(46)30(21-27-16-11-8-12-17-27)40-37(48)34(29(6-2)31-23-49-25-39-31)41-36(47)28(20-26-14-9-7-10-15-26)22-33(45)43(4)19-18-42(3)24-38/h1-2,7,9-10,14-15,23,25,27-30,32,34-35,44,46H,8,11-13,16-22,24H2,3-4H3,(H,40,48)(H,41,47). The molecule has 6 unspecified atom stereocenters. The van der Waals surface area contributed by atoms with E-state index in [1.54, 1.807) is 25.0 Å². The number of likely N-dealkylation sites (N-methyl/N-ethyl adjacent to an activating group) is 2. The molecule has 6 atom stereocenters. The Labute approximate surface area is 293 Å². The molecule has 0 saturated heterocycles. The first kappa shape index (κ1) is 39.6. The van der Waals surface area contributed by atoms with Gasteiger partial charge in [-0.1, -0.05) is 68.4 Å². The monoisotopic (exact) mass is 695 g/mol. The number of hydrogen-bond acceptors (Lipinski definition) is 8. The SMILES string of the molecule is C#CCC(O)C(O)C(CC1CCCCC1)NC(=O)C(NC(=O)C(CC(=O)N(C)CCN(C)CF)Cc1ccccc1)C(C#C)c1cscn1. The van der Waals surface area contributed by atoms with Crippen molar-refractivity contribution in [2.45, 2.75) is 88.0 Å². The summed E-state index contributed by atoms with van der Waals surface area (Å²) in [5.41, 5.74) is 2.81. The number of carbonyl (C=O) groups excluding carboxylic acids is 3. The number of nitrogens with one attached hydrogen (secondary N) is 2. The van der Waals surface area contributed by atoms with E-state index in [1.165, 1.54) is 21.1 Å². The molecule has 12 heteroatoms. The maximum atomic E-state index is 14.2. The summed E-state index contributed by atoms with van der Waals surface area (Å²) in [5, 5.41) is 29.3. The van der Waals surface area contributed by atoms with Gasteiger partial charge in [0.2, 0.25) is 17.7 Å². The fraction of sp³-hybridized carbons (Fsp3) is 0.568. The van der Waals surface area contributed by atoms with E-state index in [2.05, 4.69) is 27.5 Å². The average molecular weight is 696 g/mol. The van der Waals surface area contributed by atoms with Crippen LogP contribution in [-0.4, -0.2) is 101 Å². The predicted octanol–water partition coefficient (Wildman–Crippen LogP) is 3.11. The van der Waals surface area contributed by atoms with Crippen LogP contribution < -0.4 is 10.6 Å². The molecule has 49 heavy (non-hydrogen) atoms. The number of amides is 3. The van der Waals surface area contributed by atoms with E-state index in [0.29, 0.717) is 18.7 Å². The van der Waals surface area contributed by atoms with E-state index < -0.39 is 54.7 Å². The zero-order chi connectivity index (χ0) is 35.8. The molecule has 0 bridgehead atoms. The molecule has 0 spiro atoms. The third-order valence-electron chi connectivity index (χ3n) is 9.20. The summed E-state index contributed by atoms with van der Waals surface area (Å²) in [6.45, 7) is -0.0671. The normalized spacial score (nSPS) is 17.1. The highest BCUT2D eigenvalue weighted by Crippen LogP contribution is 2.29. The molecule has 1 aliphatic rings. The fourth-order valence-corrected chi connectivity index (χ4v) is 6.77. The largest absolute Gasteiger partial charge is 0.389 e. The number of thiazole rings is 1. The Balaban J connectivity index is 1.91. The lowest BCUT2D eigenvalue weighted by atomic mass is 9.82. The summed E-state index contributed by atoms with van der Waals surface area (Å²) >= 11 is 1.29. The topological polar surface area (TPSA) is 135 Å². The lowest BCUT2D eigenvalue weighted by molar-refractivity contribution is -0.137. The molecule has 0 aliphatic heterocycles. The van der Waals surface area contributed by atoms with Crippen molar-refractivity contribution < 1.29 is 29.0 Å². The molecule has 2 aromatic rings. The number of hydrogen-bond donors (Lipinski definition) is 4. The quantitative estimate of drug-likeness (QED) is 0.131. The van der Waals surface area contributed by atoms with Gasteiger partial charge in [-0.3, -0.25) is 19.3 Å².